The Morgan fingerprint density at radius 2 is 1.89 bits per heavy atom. The average Bonchev–Trinajstić information content (AvgIpc) is 3.79. The van der Waals surface area contributed by atoms with Crippen LogP contribution in [0.2, 0.25) is 0 Å². The van der Waals surface area contributed by atoms with Crippen LogP contribution in [-0.2, 0) is 9.59 Å². The number of primary amides is 1. The zero-order valence-electron chi connectivity index (χ0n) is 20.7. The highest BCUT2D eigenvalue weighted by Gasteiger charge is 2.36. The van der Waals surface area contributed by atoms with Crippen LogP contribution in [0.5, 0.6) is 0 Å². The molecule has 0 aliphatic heterocycles. The third-order valence-electron chi connectivity index (χ3n) is 6.80. The summed E-state index contributed by atoms with van der Waals surface area (Å²) < 4.78 is 14.6. The molecule has 0 spiro atoms. The molecule has 2 amide bonds. The monoisotopic (exact) mass is 489 g/mol. The van der Waals surface area contributed by atoms with E-state index in [4.69, 9.17) is 4.79 Å². The fourth-order valence-corrected chi connectivity index (χ4v) is 4.08. The van der Waals surface area contributed by atoms with E-state index < -0.39 is 0 Å². The van der Waals surface area contributed by atoms with Gasteiger partial charge in [-0.15, -0.1) is 0 Å². The van der Waals surface area contributed by atoms with E-state index in [2.05, 4.69) is 33.3 Å². The van der Waals surface area contributed by atoms with Crippen LogP contribution in [0.15, 0.2) is 48.8 Å². The highest BCUT2D eigenvalue weighted by molar-refractivity contribution is 5.93. The minimum absolute atomic E-state index is 0.0195. The second kappa shape index (κ2) is 10.8. The zero-order chi connectivity index (χ0) is 25.7. The Morgan fingerprint density at radius 3 is 2.58 bits per heavy atom. The van der Waals surface area contributed by atoms with Crippen molar-refractivity contribution in [2.24, 2.45) is 17.1 Å². The lowest BCUT2D eigenvalue weighted by Gasteiger charge is -2.15. The first-order chi connectivity index (χ1) is 17.3. The van der Waals surface area contributed by atoms with Crippen molar-refractivity contribution in [3.63, 3.8) is 0 Å². The number of aromatic nitrogens is 2. The van der Waals surface area contributed by atoms with E-state index in [0.29, 0.717) is 16.9 Å². The van der Waals surface area contributed by atoms with Gasteiger partial charge in [-0.3, -0.25) is 9.59 Å². The topological polar surface area (TPSA) is 110 Å². The molecule has 0 saturated heterocycles. The van der Waals surface area contributed by atoms with Crippen LogP contribution >= 0.6 is 0 Å². The lowest BCUT2D eigenvalue weighted by molar-refractivity contribution is -0.117. The summed E-state index contributed by atoms with van der Waals surface area (Å²) in [6.45, 7) is 4.98. The van der Waals surface area contributed by atoms with E-state index in [1.165, 1.54) is 19.2 Å². The van der Waals surface area contributed by atoms with Gasteiger partial charge in [-0.1, -0.05) is 25.1 Å². The maximum Gasteiger partial charge on any atom is 0.228 e. The smallest absolute Gasteiger partial charge is 0.228 e. The molecule has 1 heterocycles. The van der Waals surface area contributed by atoms with E-state index >= 15 is 0 Å². The number of rotatable bonds is 8. The number of nitrogens with two attached hydrogens (primary N) is 1. The van der Waals surface area contributed by atoms with Gasteiger partial charge in [0, 0.05) is 24.1 Å². The Balaban J connectivity index is 0.000000967. The molecule has 2 fully saturated rings. The van der Waals surface area contributed by atoms with Gasteiger partial charge >= 0.3 is 0 Å². The van der Waals surface area contributed by atoms with Crippen molar-refractivity contribution >= 4 is 23.8 Å². The fourth-order valence-electron chi connectivity index (χ4n) is 4.08. The van der Waals surface area contributed by atoms with Crippen molar-refractivity contribution in [2.75, 3.05) is 17.2 Å². The van der Waals surface area contributed by atoms with Crippen LogP contribution in [0, 0.1) is 24.1 Å². The Bertz CT molecular complexity index is 1250. The summed E-state index contributed by atoms with van der Waals surface area (Å²) in [5.41, 5.74) is 9.63. The Hall–Kier alpha value is -3.81. The Kier molecular flexibility index (Phi) is 7.62. The minimum atomic E-state index is -0.222. The summed E-state index contributed by atoms with van der Waals surface area (Å²) in [5.74, 6) is 0.422. The number of carbonyl (C=O) groups excluding carboxylic acids is 2. The molecule has 0 radical (unpaired) electrons. The number of halogens is 1. The van der Waals surface area contributed by atoms with Crippen molar-refractivity contribution in [1.29, 1.82) is 0 Å². The van der Waals surface area contributed by atoms with Crippen molar-refractivity contribution in [1.82, 2.24) is 9.97 Å². The summed E-state index contributed by atoms with van der Waals surface area (Å²) in [5, 5.41) is 6.17. The molecule has 4 N–H and O–H groups in total. The fraction of sp³-hybridized carbons (Fsp3) is 0.357. The molecule has 0 atom stereocenters. The number of nitrogens with one attached hydrogen (secondary N) is 2. The molecule has 0 bridgehead atoms. The van der Waals surface area contributed by atoms with Gasteiger partial charge in [0.15, 0.2) is 0 Å². The van der Waals surface area contributed by atoms with E-state index in [9.17, 15) is 9.18 Å². The van der Waals surface area contributed by atoms with Gasteiger partial charge in [0.1, 0.15) is 18.0 Å². The number of amides is 2. The van der Waals surface area contributed by atoms with Crippen molar-refractivity contribution < 1.29 is 14.0 Å². The number of hydrogen-bond acceptors (Lipinski definition) is 5. The number of nitrogens with zero attached hydrogens (tertiary/aromatic N) is 2. The number of anilines is 2. The van der Waals surface area contributed by atoms with Crippen molar-refractivity contribution in [2.45, 2.75) is 46.0 Å². The maximum atomic E-state index is 14.6. The third-order valence-corrected chi connectivity index (χ3v) is 6.80. The zero-order valence-corrected chi connectivity index (χ0v) is 20.7. The average molecular weight is 490 g/mol. The van der Waals surface area contributed by atoms with E-state index in [1.54, 1.807) is 12.1 Å². The molecule has 3 aromatic rings. The SMILES string of the molecule is Cc1cc(F)c(NCCC2(C)CC2)cc1-c1cccc(-c2cc(NC(=O)C3CC3)ncn2)c1.NC=O. The Labute approximate surface area is 210 Å². The molecule has 2 aliphatic rings. The van der Waals surface area contributed by atoms with E-state index in [0.717, 1.165) is 53.8 Å². The van der Waals surface area contributed by atoms with Gasteiger partial charge in [-0.25, -0.2) is 14.4 Å². The van der Waals surface area contributed by atoms with Crippen LogP contribution in [-0.4, -0.2) is 28.8 Å². The molecule has 8 heteroatoms. The second-order valence-corrected chi connectivity index (χ2v) is 9.90. The van der Waals surface area contributed by atoms with Crippen LogP contribution in [0.25, 0.3) is 22.4 Å². The van der Waals surface area contributed by atoms with Crippen LogP contribution in [0.3, 0.4) is 0 Å². The first-order valence-corrected chi connectivity index (χ1v) is 12.2. The second-order valence-electron chi connectivity index (χ2n) is 9.90. The van der Waals surface area contributed by atoms with Crippen LogP contribution < -0.4 is 16.4 Å². The minimum Gasteiger partial charge on any atom is -0.383 e. The van der Waals surface area contributed by atoms with Gasteiger partial charge in [0.05, 0.1) is 11.4 Å². The van der Waals surface area contributed by atoms with Gasteiger partial charge in [0.2, 0.25) is 12.3 Å². The normalized spacial score (nSPS) is 15.3. The quantitative estimate of drug-likeness (QED) is 0.372. The molecule has 188 valence electrons. The standard InChI is InChI=1S/C27H29FN4O.CH3NO/c1-17-12-22(28)24(29-11-10-27(2)8-9-27)14-21(17)19-4-3-5-20(13-19)23-15-25(31-16-30-23)32-26(33)18-6-7-18;2-1-3/h3-5,12-16,18,29H,6-11H2,1-2H3,(H,30,31,32,33);1H,(H2,2,3). The van der Waals surface area contributed by atoms with Crippen LogP contribution in [0.4, 0.5) is 15.9 Å². The molecule has 2 aliphatic carbocycles. The summed E-state index contributed by atoms with van der Waals surface area (Å²) in [6.07, 6.45) is 7.18. The van der Waals surface area contributed by atoms with Gasteiger partial charge in [-0.2, -0.15) is 0 Å². The molecule has 36 heavy (non-hydrogen) atoms. The molecule has 2 aromatic carbocycles. The van der Waals surface area contributed by atoms with Crippen LogP contribution in [0.1, 0.15) is 44.6 Å². The summed E-state index contributed by atoms with van der Waals surface area (Å²) in [7, 11) is 0. The molecular formula is C28H32FN5O2. The highest BCUT2D eigenvalue weighted by Crippen LogP contribution is 2.48. The van der Waals surface area contributed by atoms with Gasteiger partial charge in [-0.05, 0) is 79.3 Å². The lowest BCUT2D eigenvalue weighted by atomic mass is 9.97. The number of carbonyl (C=O) groups is 2. The Morgan fingerprint density at radius 1 is 1.17 bits per heavy atom. The lowest BCUT2D eigenvalue weighted by Crippen LogP contribution is -2.14. The molecule has 2 saturated carbocycles. The van der Waals surface area contributed by atoms with Crippen molar-refractivity contribution in [3.8, 4) is 22.4 Å². The molecule has 1 aromatic heterocycles. The molecule has 5 rings (SSSR count). The van der Waals surface area contributed by atoms with E-state index in [-0.39, 0.29) is 24.1 Å². The number of benzene rings is 2. The first kappa shape index (κ1) is 25.3. The summed E-state index contributed by atoms with van der Waals surface area (Å²) in [6, 6.07) is 13.3. The molecule has 7 nitrogen and oxygen atoms in total. The number of hydrogen-bond donors (Lipinski definition) is 3. The van der Waals surface area contributed by atoms with E-state index in [1.807, 2.05) is 37.3 Å². The highest BCUT2D eigenvalue weighted by atomic mass is 19.1. The maximum absolute atomic E-state index is 14.6. The van der Waals surface area contributed by atoms with Crippen molar-refractivity contribution in [3.05, 3.63) is 60.2 Å². The molecular weight excluding hydrogens is 457 g/mol. The number of aryl methyl sites for hydroxylation is 1. The third kappa shape index (κ3) is 6.44. The predicted octanol–water partition coefficient (Wildman–Crippen LogP) is 5.31. The summed E-state index contributed by atoms with van der Waals surface area (Å²) >= 11 is 0. The molecule has 0 unspecified atom stereocenters. The first-order valence-electron chi connectivity index (χ1n) is 12.2. The predicted molar refractivity (Wildman–Crippen MR) is 140 cm³/mol. The van der Waals surface area contributed by atoms with Gasteiger partial charge < -0.3 is 16.4 Å². The summed E-state index contributed by atoms with van der Waals surface area (Å²) in [4.78, 5) is 29.3. The van der Waals surface area contributed by atoms with Gasteiger partial charge in [0.25, 0.3) is 0 Å². The largest absolute Gasteiger partial charge is 0.383 e.